The van der Waals surface area contributed by atoms with Gasteiger partial charge < -0.3 is 14.2 Å². The van der Waals surface area contributed by atoms with Crippen LogP contribution in [0.5, 0.6) is 5.88 Å². The summed E-state index contributed by atoms with van der Waals surface area (Å²) in [5.74, 6) is 2.66. The number of nitrogens with zero attached hydrogens (tertiary/aromatic N) is 7. The van der Waals surface area contributed by atoms with E-state index in [1.807, 2.05) is 17.7 Å². The van der Waals surface area contributed by atoms with Gasteiger partial charge in [-0.05, 0) is 25.7 Å². The van der Waals surface area contributed by atoms with Crippen molar-refractivity contribution in [3.05, 3.63) is 24.5 Å². The molecule has 2 fully saturated rings. The zero-order valence-corrected chi connectivity index (χ0v) is 14.9. The number of aryl methyl sites for hydroxylation is 1. The average molecular weight is 343 g/mol. The lowest BCUT2D eigenvalue weighted by Crippen LogP contribution is -2.46. The van der Waals surface area contributed by atoms with Gasteiger partial charge in [-0.2, -0.15) is 0 Å². The molecule has 8 heteroatoms. The van der Waals surface area contributed by atoms with E-state index in [1.165, 1.54) is 12.8 Å². The molecule has 2 aliphatic rings. The highest BCUT2D eigenvalue weighted by Gasteiger charge is 2.36. The van der Waals surface area contributed by atoms with Gasteiger partial charge in [0.1, 0.15) is 24.3 Å². The number of aromatic nitrogens is 5. The highest BCUT2D eigenvalue weighted by atomic mass is 16.5. The summed E-state index contributed by atoms with van der Waals surface area (Å²) in [4.78, 5) is 13.6. The molecule has 0 atom stereocenters. The predicted molar refractivity (Wildman–Crippen MR) is 93.4 cm³/mol. The van der Waals surface area contributed by atoms with Crippen LogP contribution >= 0.6 is 0 Å². The molecule has 1 aliphatic carbocycles. The number of hydrogen-bond donors (Lipinski definition) is 0. The molecule has 0 aromatic carbocycles. The van der Waals surface area contributed by atoms with Gasteiger partial charge in [0.25, 0.3) is 0 Å². The quantitative estimate of drug-likeness (QED) is 0.781. The first-order valence-electron chi connectivity index (χ1n) is 8.94. The van der Waals surface area contributed by atoms with Gasteiger partial charge in [0.2, 0.25) is 5.88 Å². The van der Waals surface area contributed by atoms with Crippen molar-refractivity contribution in [2.24, 2.45) is 7.05 Å². The number of ether oxygens (including phenoxy) is 1. The third-order valence-corrected chi connectivity index (χ3v) is 5.16. The van der Waals surface area contributed by atoms with Gasteiger partial charge in [-0.3, -0.25) is 4.90 Å². The normalized spacial score (nSPS) is 19.1. The molecule has 0 bridgehead atoms. The summed E-state index contributed by atoms with van der Waals surface area (Å²) in [6.07, 6.45) is 8.16. The van der Waals surface area contributed by atoms with E-state index < -0.39 is 0 Å². The zero-order valence-electron chi connectivity index (χ0n) is 14.9. The van der Waals surface area contributed by atoms with Gasteiger partial charge in [-0.15, -0.1) is 10.2 Å². The maximum atomic E-state index is 5.28. The second-order valence-corrected chi connectivity index (χ2v) is 6.92. The van der Waals surface area contributed by atoms with Crippen LogP contribution in [0.2, 0.25) is 0 Å². The van der Waals surface area contributed by atoms with Crippen LogP contribution in [0.25, 0.3) is 0 Å². The van der Waals surface area contributed by atoms with Crippen molar-refractivity contribution in [3.8, 4) is 5.88 Å². The van der Waals surface area contributed by atoms with Crippen molar-refractivity contribution in [1.29, 1.82) is 0 Å². The lowest BCUT2D eigenvalue weighted by molar-refractivity contribution is 0.194. The molecule has 0 amide bonds. The molecule has 1 saturated carbocycles. The number of piperidine rings is 1. The second kappa shape index (κ2) is 6.95. The van der Waals surface area contributed by atoms with Crippen LogP contribution in [0.4, 0.5) is 5.82 Å². The number of likely N-dealkylation sites (tertiary alicyclic amines) is 1. The zero-order chi connectivity index (χ0) is 17.2. The molecular weight excluding hydrogens is 318 g/mol. The number of anilines is 1. The molecule has 0 unspecified atom stereocenters. The Bertz CT molecular complexity index is 707. The fraction of sp³-hybridized carbons (Fsp3) is 0.647. The summed E-state index contributed by atoms with van der Waals surface area (Å²) in [5, 5.41) is 8.17. The minimum atomic E-state index is 0.530. The van der Waals surface area contributed by atoms with E-state index in [4.69, 9.17) is 4.74 Å². The summed E-state index contributed by atoms with van der Waals surface area (Å²) in [6, 6.07) is 3.11. The van der Waals surface area contributed by atoms with E-state index in [0.717, 1.165) is 44.1 Å². The first kappa shape index (κ1) is 16.3. The Balaban J connectivity index is 1.41. The minimum Gasteiger partial charge on any atom is -0.481 e. The van der Waals surface area contributed by atoms with Gasteiger partial charge in [-0.25, -0.2) is 9.97 Å². The molecule has 0 radical (unpaired) electrons. The number of methoxy groups -OCH3 is 1. The van der Waals surface area contributed by atoms with Gasteiger partial charge in [0, 0.05) is 38.3 Å². The van der Waals surface area contributed by atoms with Crippen LogP contribution in [0.3, 0.4) is 0 Å². The largest absolute Gasteiger partial charge is 0.481 e. The van der Waals surface area contributed by atoms with Crippen molar-refractivity contribution < 1.29 is 4.74 Å². The van der Waals surface area contributed by atoms with Crippen molar-refractivity contribution in [2.45, 2.75) is 44.3 Å². The Morgan fingerprint density at radius 3 is 2.56 bits per heavy atom. The monoisotopic (exact) mass is 343 g/mol. The van der Waals surface area contributed by atoms with E-state index in [9.17, 15) is 0 Å². The number of hydrogen-bond acceptors (Lipinski definition) is 7. The third kappa shape index (κ3) is 3.58. The van der Waals surface area contributed by atoms with Crippen LogP contribution in [0, 0.1) is 0 Å². The molecule has 0 spiro atoms. The summed E-state index contributed by atoms with van der Waals surface area (Å²) < 4.78 is 7.27. The van der Waals surface area contributed by atoms with Crippen LogP contribution in [0.15, 0.2) is 18.7 Å². The van der Waals surface area contributed by atoms with Gasteiger partial charge in [-0.1, -0.05) is 0 Å². The molecule has 25 heavy (non-hydrogen) atoms. The van der Waals surface area contributed by atoms with Gasteiger partial charge >= 0.3 is 0 Å². The Morgan fingerprint density at radius 1 is 1.16 bits per heavy atom. The molecule has 0 N–H and O–H groups in total. The predicted octanol–water partition coefficient (Wildman–Crippen LogP) is 1.25. The Kier molecular flexibility index (Phi) is 4.52. The van der Waals surface area contributed by atoms with Crippen LogP contribution in [0.1, 0.15) is 31.5 Å². The molecular formula is C17H25N7O. The summed E-state index contributed by atoms with van der Waals surface area (Å²) in [7, 11) is 3.65. The highest BCUT2D eigenvalue weighted by molar-refractivity contribution is 5.45. The molecule has 1 aliphatic heterocycles. The lowest BCUT2D eigenvalue weighted by Gasteiger charge is -2.39. The van der Waals surface area contributed by atoms with Crippen molar-refractivity contribution in [1.82, 2.24) is 29.6 Å². The SMILES string of the molecule is COc1cc(N(C2CC2)C2CCN(Cc3nncn3C)CC2)ncn1. The van der Waals surface area contributed by atoms with E-state index in [-0.39, 0.29) is 0 Å². The highest BCUT2D eigenvalue weighted by Crippen LogP contribution is 2.36. The molecule has 1 saturated heterocycles. The van der Waals surface area contributed by atoms with Crippen LogP contribution in [-0.4, -0.2) is 61.9 Å². The Labute approximate surface area is 147 Å². The second-order valence-electron chi connectivity index (χ2n) is 6.92. The molecule has 2 aromatic heterocycles. The van der Waals surface area contributed by atoms with Crippen molar-refractivity contribution in [2.75, 3.05) is 25.1 Å². The van der Waals surface area contributed by atoms with Crippen LogP contribution in [-0.2, 0) is 13.6 Å². The fourth-order valence-corrected chi connectivity index (χ4v) is 3.61. The third-order valence-electron chi connectivity index (χ3n) is 5.16. The summed E-state index contributed by atoms with van der Waals surface area (Å²) >= 11 is 0. The first-order valence-corrected chi connectivity index (χ1v) is 8.94. The smallest absolute Gasteiger partial charge is 0.218 e. The van der Waals surface area contributed by atoms with Gasteiger partial charge in [0.05, 0.1) is 13.7 Å². The minimum absolute atomic E-state index is 0.530. The van der Waals surface area contributed by atoms with E-state index in [0.29, 0.717) is 18.0 Å². The summed E-state index contributed by atoms with van der Waals surface area (Å²) in [5.41, 5.74) is 0. The maximum absolute atomic E-state index is 5.28. The van der Waals surface area contributed by atoms with E-state index >= 15 is 0 Å². The fourth-order valence-electron chi connectivity index (χ4n) is 3.61. The maximum Gasteiger partial charge on any atom is 0.218 e. The lowest BCUT2D eigenvalue weighted by atomic mass is 10.0. The standard InChI is InChI=1S/C17H25N7O/c1-22-12-20-21-16(22)10-23-7-5-14(6-8-23)24(13-3-4-13)15-9-17(25-2)19-11-18-15/h9,11-14H,3-8,10H2,1-2H3. The van der Waals surface area contributed by atoms with E-state index in [2.05, 4.69) is 30.0 Å². The number of rotatable bonds is 6. The molecule has 4 rings (SSSR count). The van der Waals surface area contributed by atoms with Crippen LogP contribution < -0.4 is 9.64 Å². The van der Waals surface area contributed by atoms with Gasteiger partial charge in [0.15, 0.2) is 0 Å². The Morgan fingerprint density at radius 2 is 1.92 bits per heavy atom. The summed E-state index contributed by atoms with van der Waals surface area (Å²) in [6.45, 7) is 3.01. The molecule has 8 nitrogen and oxygen atoms in total. The Hall–Kier alpha value is -2.22. The van der Waals surface area contributed by atoms with Crippen molar-refractivity contribution >= 4 is 5.82 Å². The van der Waals surface area contributed by atoms with Crippen molar-refractivity contribution in [3.63, 3.8) is 0 Å². The molecule has 2 aromatic rings. The molecule has 3 heterocycles. The first-order chi connectivity index (χ1) is 12.2. The average Bonchev–Trinajstić information content (AvgIpc) is 3.40. The topological polar surface area (TPSA) is 72.2 Å². The van der Waals surface area contributed by atoms with E-state index in [1.54, 1.807) is 19.8 Å². The molecule has 134 valence electrons.